The van der Waals surface area contributed by atoms with E-state index < -0.39 is 10.0 Å². The van der Waals surface area contributed by atoms with Crippen LogP contribution in [0.3, 0.4) is 0 Å². The number of amides is 2. The number of hydrogen-bond acceptors (Lipinski definition) is 5. The maximum Gasteiger partial charge on any atom is 0.253 e. The van der Waals surface area contributed by atoms with Crippen LogP contribution in [0.2, 0.25) is 0 Å². The third kappa shape index (κ3) is 4.91. The van der Waals surface area contributed by atoms with Crippen molar-refractivity contribution in [1.82, 2.24) is 18.8 Å². The van der Waals surface area contributed by atoms with Crippen molar-refractivity contribution >= 4 is 38.6 Å². The van der Waals surface area contributed by atoms with Gasteiger partial charge < -0.3 is 14.8 Å². The summed E-state index contributed by atoms with van der Waals surface area (Å²) in [5.74, 6) is 0.0738. The SMILES string of the molecule is CCn1c(CN(C)S(=O)(=O)c2cc(C)ccc2NC(C)=O)nc2cc(C(=O)N(C)C)ccc21. The number of aromatic nitrogens is 2. The van der Waals surface area contributed by atoms with E-state index in [9.17, 15) is 18.0 Å². The number of carbonyl (C=O) groups is 2. The van der Waals surface area contributed by atoms with Crippen molar-refractivity contribution < 1.29 is 18.0 Å². The van der Waals surface area contributed by atoms with Crippen LogP contribution in [0.1, 0.15) is 35.6 Å². The second-order valence-corrected chi connectivity index (χ2v) is 10.1. The van der Waals surface area contributed by atoms with Crippen molar-refractivity contribution in [2.24, 2.45) is 0 Å². The van der Waals surface area contributed by atoms with Gasteiger partial charge in [0, 0.05) is 40.2 Å². The summed E-state index contributed by atoms with van der Waals surface area (Å²) in [4.78, 5) is 30.1. The minimum atomic E-state index is -3.93. The lowest BCUT2D eigenvalue weighted by molar-refractivity contribution is -0.114. The summed E-state index contributed by atoms with van der Waals surface area (Å²) in [6, 6.07) is 10.2. The summed E-state index contributed by atoms with van der Waals surface area (Å²) in [7, 11) is 0.922. The second kappa shape index (κ2) is 9.32. The molecule has 1 N–H and O–H groups in total. The number of rotatable bonds is 7. The fourth-order valence-corrected chi connectivity index (χ4v) is 4.99. The second-order valence-electron chi connectivity index (χ2n) is 8.12. The Bertz CT molecular complexity index is 1330. The number of sulfonamides is 1. The molecule has 176 valence electrons. The molecule has 2 amide bonds. The third-order valence-corrected chi connectivity index (χ3v) is 7.14. The predicted octanol–water partition coefficient (Wildman–Crippen LogP) is 2.85. The van der Waals surface area contributed by atoms with Gasteiger partial charge in [-0.1, -0.05) is 6.07 Å². The number of benzene rings is 2. The average molecular weight is 472 g/mol. The number of carbonyl (C=O) groups excluding carboxylic acids is 2. The van der Waals surface area contributed by atoms with Gasteiger partial charge in [0.15, 0.2) is 0 Å². The van der Waals surface area contributed by atoms with Crippen LogP contribution >= 0.6 is 0 Å². The van der Waals surface area contributed by atoms with Crippen LogP contribution in [0.15, 0.2) is 41.3 Å². The van der Waals surface area contributed by atoms with E-state index in [1.165, 1.54) is 23.2 Å². The lowest BCUT2D eigenvalue weighted by Gasteiger charge is -2.20. The number of imidazole rings is 1. The van der Waals surface area contributed by atoms with Gasteiger partial charge >= 0.3 is 0 Å². The number of aryl methyl sites for hydroxylation is 2. The summed E-state index contributed by atoms with van der Waals surface area (Å²) in [5.41, 5.74) is 2.95. The highest BCUT2D eigenvalue weighted by Gasteiger charge is 2.27. The molecule has 2 aromatic carbocycles. The average Bonchev–Trinajstić information content (AvgIpc) is 3.09. The quantitative estimate of drug-likeness (QED) is 0.571. The van der Waals surface area contributed by atoms with E-state index in [4.69, 9.17) is 0 Å². The Labute approximate surface area is 194 Å². The largest absolute Gasteiger partial charge is 0.345 e. The van der Waals surface area contributed by atoms with Crippen molar-refractivity contribution in [3.05, 3.63) is 53.3 Å². The molecule has 10 heteroatoms. The molecule has 0 bridgehead atoms. The molecule has 0 radical (unpaired) electrons. The van der Waals surface area contributed by atoms with Gasteiger partial charge in [-0.15, -0.1) is 0 Å². The van der Waals surface area contributed by atoms with Crippen LogP contribution in [0.5, 0.6) is 0 Å². The van der Waals surface area contributed by atoms with Crippen molar-refractivity contribution in [3.63, 3.8) is 0 Å². The van der Waals surface area contributed by atoms with E-state index >= 15 is 0 Å². The molecule has 3 aromatic rings. The summed E-state index contributed by atoms with van der Waals surface area (Å²) in [6.45, 7) is 5.68. The zero-order chi connectivity index (χ0) is 24.5. The first-order chi connectivity index (χ1) is 15.4. The molecule has 0 saturated heterocycles. The lowest BCUT2D eigenvalue weighted by atomic mass is 10.2. The molecule has 0 aliphatic carbocycles. The van der Waals surface area contributed by atoms with E-state index in [1.807, 2.05) is 17.6 Å². The molecule has 1 heterocycles. The Hall–Kier alpha value is -3.24. The molecular formula is C23H29N5O4S. The summed E-state index contributed by atoms with van der Waals surface area (Å²) in [6.07, 6.45) is 0. The van der Waals surface area contributed by atoms with Gasteiger partial charge in [-0.3, -0.25) is 9.59 Å². The number of fused-ring (bicyclic) bond motifs is 1. The van der Waals surface area contributed by atoms with Gasteiger partial charge in [0.1, 0.15) is 10.7 Å². The first kappa shape index (κ1) is 24.4. The molecule has 1 aromatic heterocycles. The monoisotopic (exact) mass is 471 g/mol. The maximum atomic E-state index is 13.4. The smallest absolute Gasteiger partial charge is 0.253 e. The molecule has 0 fully saturated rings. The van der Waals surface area contributed by atoms with Crippen molar-refractivity contribution in [2.45, 2.75) is 38.8 Å². The highest BCUT2D eigenvalue weighted by atomic mass is 32.2. The normalized spacial score (nSPS) is 11.7. The van der Waals surface area contributed by atoms with E-state index in [0.717, 1.165) is 11.1 Å². The number of nitrogens with one attached hydrogen (secondary N) is 1. The van der Waals surface area contributed by atoms with E-state index in [-0.39, 0.29) is 28.9 Å². The Morgan fingerprint density at radius 1 is 1.09 bits per heavy atom. The van der Waals surface area contributed by atoms with Gasteiger partial charge in [-0.2, -0.15) is 4.31 Å². The zero-order valence-corrected chi connectivity index (χ0v) is 20.5. The first-order valence-electron chi connectivity index (χ1n) is 10.5. The third-order valence-electron chi connectivity index (χ3n) is 5.30. The van der Waals surface area contributed by atoms with Crippen LogP contribution in [-0.4, -0.2) is 60.1 Å². The van der Waals surface area contributed by atoms with E-state index in [2.05, 4.69) is 10.3 Å². The first-order valence-corrected chi connectivity index (χ1v) is 11.9. The topological polar surface area (TPSA) is 105 Å². The Balaban J connectivity index is 2.00. The summed E-state index contributed by atoms with van der Waals surface area (Å²) >= 11 is 0. The van der Waals surface area contributed by atoms with E-state index in [1.54, 1.807) is 51.4 Å². The van der Waals surface area contributed by atoms with Crippen LogP contribution in [0.25, 0.3) is 11.0 Å². The van der Waals surface area contributed by atoms with E-state index in [0.29, 0.717) is 23.4 Å². The molecule has 0 aliphatic heterocycles. The molecule has 0 saturated carbocycles. The maximum absolute atomic E-state index is 13.4. The predicted molar refractivity (Wildman–Crippen MR) is 128 cm³/mol. The number of hydrogen-bond donors (Lipinski definition) is 1. The Morgan fingerprint density at radius 3 is 2.39 bits per heavy atom. The lowest BCUT2D eigenvalue weighted by Crippen LogP contribution is -2.29. The van der Waals surface area contributed by atoms with Crippen molar-refractivity contribution in [2.75, 3.05) is 26.5 Å². The minimum Gasteiger partial charge on any atom is -0.345 e. The molecule has 0 aliphatic rings. The van der Waals surface area contributed by atoms with Crippen LogP contribution < -0.4 is 5.32 Å². The summed E-state index contributed by atoms with van der Waals surface area (Å²) < 4.78 is 30.0. The molecular weight excluding hydrogens is 442 g/mol. The van der Waals surface area contributed by atoms with Crippen LogP contribution in [0, 0.1) is 6.92 Å². The molecule has 9 nitrogen and oxygen atoms in total. The van der Waals surface area contributed by atoms with Gasteiger partial charge in [0.2, 0.25) is 15.9 Å². The fourth-order valence-electron chi connectivity index (χ4n) is 3.63. The Morgan fingerprint density at radius 2 is 1.79 bits per heavy atom. The summed E-state index contributed by atoms with van der Waals surface area (Å²) in [5, 5.41) is 2.59. The Kier molecular flexibility index (Phi) is 6.89. The zero-order valence-electron chi connectivity index (χ0n) is 19.7. The minimum absolute atomic E-state index is 0.0231. The standard InChI is InChI=1S/C23H29N5O4S/c1-7-28-20-11-9-17(23(30)26(4)5)13-19(20)25-22(28)14-27(6)33(31,32)21-12-15(2)8-10-18(21)24-16(3)29/h8-13H,7,14H2,1-6H3,(H,24,29). The molecule has 0 atom stereocenters. The molecule has 3 rings (SSSR count). The molecule has 0 spiro atoms. The van der Waals surface area contributed by atoms with Crippen LogP contribution in [0.4, 0.5) is 5.69 Å². The number of nitrogens with zero attached hydrogens (tertiary/aromatic N) is 4. The highest BCUT2D eigenvalue weighted by molar-refractivity contribution is 7.89. The van der Waals surface area contributed by atoms with Gasteiger partial charge in [-0.25, -0.2) is 13.4 Å². The van der Waals surface area contributed by atoms with Crippen molar-refractivity contribution in [3.8, 4) is 0 Å². The van der Waals surface area contributed by atoms with Gasteiger partial charge in [0.25, 0.3) is 5.91 Å². The fraction of sp³-hybridized carbons (Fsp3) is 0.348. The molecule has 33 heavy (non-hydrogen) atoms. The highest BCUT2D eigenvalue weighted by Crippen LogP contribution is 2.27. The van der Waals surface area contributed by atoms with Gasteiger partial charge in [0.05, 0.1) is 23.3 Å². The van der Waals surface area contributed by atoms with Crippen molar-refractivity contribution in [1.29, 1.82) is 0 Å². The molecule has 0 unspecified atom stereocenters. The van der Waals surface area contributed by atoms with Gasteiger partial charge in [-0.05, 0) is 49.7 Å². The van der Waals surface area contributed by atoms with Crippen LogP contribution in [-0.2, 0) is 27.9 Å². The number of anilines is 1.